The summed E-state index contributed by atoms with van der Waals surface area (Å²) in [5.41, 5.74) is 6.33. The fourth-order valence-electron chi connectivity index (χ4n) is 3.20. The summed E-state index contributed by atoms with van der Waals surface area (Å²) in [4.78, 5) is 14.6. The van der Waals surface area contributed by atoms with Gasteiger partial charge in [0.25, 0.3) is 5.91 Å². The Morgan fingerprint density at radius 3 is 2.56 bits per heavy atom. The van der Waals surface area contributed by atoms with E-state index in [0.717, 1.165) is 12.8 Å². The number of likely N-dealkylation sites (tertiary alicyclic amines) is 1. The summed E-state index contributed by atoms with van der Waals surface area (Å²) in [6.45, 7) is 6.67. The third-order valence-electron chi connectivity index (χ3n) is 4.58. The van der Waals surface area contributed by atoms with Crippen LogP contribution in [0.5, 0.6) is 5.75 Å². The van der Waals surface area contributed by atoms with E-state index in [-0.39, 0.29) is 47.0 Å². The SMILES string of the molecule is COc1ccc(C(=O)N2CCCC(C(C)N)C2)cc1S(=O)(=O)NC(C)C.Cl. The van der Waals surface area contributed by atoms with Crippen LogP contribution < -0.4 is 15.2 Å². The first-order chi connectivity index (χ1) is 12.2. The normalized spacial score (nSPS) is 18.7. The highest BCUT2D eigenvalue weighted by Crippen LogP contribution is 2.27. The highest BCUT2D eigenvalue weighted by molar-refractivity contribution is 7.89. The van der Waals surface area contributed by atoms with Crippen LogP contribution in [0.25, 0.3) is 0 Å². The molecule has 7 nitrogen and oxygen atoms in total. The number of hydrogen-bond donors (Lipinski definition) is 2. The topological polar surface area (TPSA) is 102 Å². The van der Waals surface area contributed by atoms with Crippen LogP contribution in [0.15, 0.2) is 23.1 Å². The van der Waals surface area contributed by atoms with E-state index in [1.54, 1.807) is 24.8 Å². The first-order valence-corrected chi connectivity index (χ1v) is 10.4. The lowest BCUT2D eigenvalue weighted by Crippen LogP contribution is -2.45. The van der Waals surface area contributed by atoms with Gasteiger partial charge >= 0.3 is 0 Å². The fourth-order valence-corrected chi connectivity index (χ4v) is 4.65. The molecule has 0 bridgehead atoms. The number of halogens is 1. The molecule has 1 heterocycles. The van der Waals surface area contributed by atoms with E-state index in [0.29, 0.717) is 18.7 Å². The van der Waals surface area contributed by atoms with Crippen LogP contribution in [0.2, 0.25) is 0 Å². The van der Waals surface area contributed by atoms with Crippen LogP contribution in [-0.4, -0.2) is 51.5 Å². The molecule has 2 rings (SSSR count). The molecule has 3 N–H and O–H groups in total. The van der Waals surface area contributed by atoms with Crippen LogP contribution in [0.1, 0.15) is 44.0 Å². The van der Waals surface area contributed by atoms with Crippen LogP contribution in [0.3, 0.4) is 0 Å². The molecule has 27 heavy (non-hydrogen) atoms. The van der Waals surface area contributed by atoms with Crippen molar-refractivity contribution in [2.75, 3.05) is 20.2 Å². The maximum Gasteiger partial charge on any atom is 0.253 e. The lowest BCUT2D eigenvalue weighted by Gasteiger charge is -2.34. The molecule has 2 unspecified atom stereocenters. The second kappa shape index (κ2) is 9.73. The van der Waals surface area contributed by atoms with Crippen molar-refractivity contribution in [3.05, 3.63) is 23.8 Å². The number of rotatable bonds is 6. The summed E-state index contributed by atoms with van der Waals surface area (Å²) in [5.74, 6) is 0.289. The molecule has 0 saturated carbocycles. The molecule has 0 aromatic heterocycles. The molecule has 9 heteroatoms. The standard InChI is InChI=1S/C18H29N3O4S.ClH/c1-12(2)20-26(23,24)17-10-14(7-8-16(17)25-4)18(22)21-9-5-6-15(11-21)13(3)19;/h7-8,10,12-13,15,20H,5-6,9,11,19H2,1-4H3;1H. The smallest absolute Gasteiger partial charge is 0.253 e. The number of nitrogens with two attached hydrogens (primary N) is 1. The van der Waals surface area contributed by atoms with Gasteiger partial charge in [-0.3, -0.25) is 4.79 Å². The number of amides is 1. The molecule has 1 aromatic carbocycles. The van der Waals surface area contributed by atoms with Gasteiger partial charge in [0.15, 0.2) is 0 Å². The number of carbonyl (C=O) groups is 1. The van der Waals surface area contributed by atoms with E-state index in [9.17, 15) is 13.2 Å². The maximum atomic E-state index is 12.9. The van der Waals surface area contributed by atoms with Gasteiger partial charge in [-0.05, 0) is 57.7 Å². The second-order valence-electron chi connectivity index (χ2n) is 7.15. The van der Waals surface area contributed by atoms with Crippen LogP contribution in [-0.2, 0) is 10.0 Å². The third-order valence-corrected chi connectivity index (χ3v) is 6.26. The van der Waals surface area contributed by atoms with E-state index >= 15 is 0 Å². The minimum Gasteiger partial charge on any atom is -0.495 e. The Bertz CT molecular complexity index is 753. The molecule has 0 aliphatic carbocycles. The summed E-state index contributed by atoms with van der Waals surface area (Å²) in [5, 5.41) is 0. The van der Waals surface area contributed by atoms with Gasteiger partial charge in [-0.25, -0.2) is 13.1 Å². The maximum absolute atomic E-state index is 12.9. The predicted octanol–water partition coefficient (Wildman–Crippen LogP) is 2.00. The van der Waals surface area contributed by atoms with Crippen molar-refractivity contribution in [2.24, 2.45) is 11.7 Å². The van der Waals surface area contributed by atoms with E-state index in [2.05, 4.69) is 4.72 Å². The molecule has 1 aliphatic rings. The quantitative estimate of drug-likeness (QED) is 0.734. The van der Waals surface area contributed by atoms with E-state index in [1.165, 1.54) is 19.2 Å². The Morgan fingerprint density at radius 1 is 1.33 bits per heavy atom. The number of nitrogens with one attached hydrogen (secondary N) is 1. The lowest BCUT2D eigenvalue weighted by atomic mass is 9.92. The van der Waals surface area contributed by atoms with Crippen LogP contribution >= 0.6 is 12.4 Å². The average Bonchev–Trinajstić information content (AvgIpc) is 2.59. The molecule has 1 saturated heterocycles. The van der Waals surface area contributed by atoms with Gasteiger partial charge in [-0.2, -0.15) is 0 Å². The zero-order chi connectivity index (χ0) is 19.5. The number of nitrogens with zero attached hydrogens (tertiary/aromatic N) is 1. The molecule has 0 radical (unpaired) electrons. The molecular weight excluding hydrogens is 390 g/mol. The summed E-state index contributed by atoms with van der Waals surface area (Å²) >= 11 is 0. The summed E-state index contributed by atoms with van der Waals surface area (Å²) in [7, 11) is -2.37. The average molecular weight is 420 g/mol. The first-order valence-electron chi connectivity index (χ1n) is 8.91. The Labute approximate surface area is 168 Å². The van der Waals surface area contributed by atoms with Crippen molar-refractivity contribution < 1.29 is 17.9 Å². The monoisotopic (exact) mass is 419 g/mol. The van der Waals surface area contributed by atoms with Gasteiger partial charge in [0, 0.05) is 30.7 Å². The number of sulfonamides is 1. The summed E-state index contributed by atoms with van der Waals surface area (Å²) in [6.07, 6.45) is 1.90. The molecule has 1 fully saturated rings. The van der Waals surface area contributed by atoms with Crippen LogP contribution in [0.4, 0.5) is 0 Å². The van der Waals surface area contributed by atoms with Gasteiger partial charge in [-0.1, -0.05) is 0 Å². The van der Waals surface area contributed by atoms with Gasteiger partial charge in [-0.15, -0.1) is 12.4 Å². The number of methoxy groups -OCH3 is 1. The first kappa shape index (κ1) is 23.7. The number of piperidine rings is 1. The number of carbonyl (C=O) groups excluding carboxylic acids is 1. The zero-order valence-electron chi connectivity index (χ0n) is 16.3. The molecule has 1 aromatic rings. The van der Waals surface area contributed by atoms with Crippen molar-refractivity contribution in [2.45, 2.75) is 50.6 Å². The molecule has 154 valence electrons. The van der Waals surface area contributed by atoms with E-state index < -0.39 is 10.0 Å². The Hall–Kier alpha value is -1.35. The highest BCUT2D eigenvalue weighted by Gasteiger charge is 2.28. The van der Waals surface area contributed by atoms with E-state index in [1.807, 2.05) is 6.92 Å². The van der Waals surface area contributed by atoms with Gasteiger partial charge in [0.2, 0.25) is 10.0 Å². The predicted molar refractivity (Wildman–Crippen MR) is 108 cm³/mol. The minimum absolute atomic E-state index is 0. The molecule has 1 aliphatic heterocycles. The minimum atomic E-state index is -3.78. The third kappa shape index (κ3) is 5.81. The molecule has 1 amide bonds. The Morgan fingerprint density at radius 2 is 2.00 bits per heavy atom. The van der Waals surface area contributed by atoms with E-state index in [4.69, 9.17) is 10.5 Å². The zero-order valence-corrected chi connectivity index (χ0v) is 17.9. The number of hydrogen-bond acceptors (Lipinski definition) is 5. The fraction of sp³-hybridized carbons (Fsp3) is 0.611. The van der Waals surface area contributed by atoms with Crippen molar-refractivity contribution in [1.82, 2.24) is 9.62 Å². The highest BCUT2D eigenvalue weighted by atomic mass is 35.5. The summed E-state index contributed by atoms with van der Waals surface area (Å²) in [6, 6.07) is 4.27. The molecular formula is C18H30ClN3O4S. The number of ether oxygens (including phenoxy) is 1. The Balaban J connectivity index is 0.00000364. The van der Waals surface area contributed by atoms with Crippen molar-refractivity contribution in [3.8, 4) is 5.75 Å². The molecule has 0 spiro atoms. The lowest BCUT2D eigenvalue weighted by molar-refractivity contribution is 0.0660. The largest absolute Gasteiger partial charge is 0.495 e. The second-order valence-corrected chi connectivity index (χ2v) is 8.84. The van der Waals surface area contributed by atoms with Crippen molar-refractivity contribution in [1.29, 1.82) is 0 Å². The molecule has 2 atom stereocenters. The summed E-state index contributed by atoms with van der Waals surface area (Å²) < 4.78 is 32.9. The van der Waals surface area contributed by atoms with Gasteiger partial charge in [0.05, 0.1) is 7.11 Å². The van der Waals surface area contributed by atoms with Gasteiger partial charge in [0.1, 0.15) is 10.6 Å². The number of benzene rings is 1. The van der Waals surface area contributed by atoms with Crippen molar-refractivity contribution >= 4 is 28.3 Å². The van der Waals surface area contributed by atoms with Crippen LogP contribution in [0, 0.1) is 5.92 Å². The van der Waals surface area contributed by atoms with Gasteiger partial charge < -0.3 is 15.4 Å². The Kier molecular flexibility index (Phi) is 8.53. The van der Waals surface area contributed by atoms with Crippen molar-refractivity contribution in [3.63, 3.8) is 0 Å².